The van der Waals surface area contributed by atoms with Crippen molar-refractivity contribution < 1.29 is 4.92 Å². The van der Waals surface area contributed by atoms with E-state index < -0.39 is 4.92 Å². The van der Waals surface area contributed by atoms with Crippen molar-refractivity contribution >= 4 is 22.7 Å². The molecule has 0 aliphatic carbocycles. The second-order valence-corrected chi connectivity index (χ2v) is 6.05. The molecule has 0 aliphatic heterocycles. The third kappa shape index (κ3) is 3.17. The van der Waals surface area contributed by atoms with Gasteiger partial charge < -0.3 is 5.32 Å². The van der Waals surface area contributed by atoms with Gasteiger partial charge in [0.1, 0.15) is 5.69 Å². The molecular formula is C14H14N4O2S. The first kappa shape index (κ1) is 14.9. The van der Waals surface area contributed by atoms with Gasteiger partial charge in [0.15, 0.2) is 0 Å². The van der Waals surface area contributed by atoms with Crippen LogP contribution in [0.2, 0.25) is 0 Å². The second kappa shape index (κ2) is 5.89. The van der Waals surface area contributed by atoms with Crippen LogP contribution in [0.5, 0.6) is 0 Å². The zero-order chi connectivity index (χ0) is 15.6. The zero-order valence-corrected chi connectivity index (χ0v) is 12.7. The number of rotatable bonds is 4. The Labute approximate surface area is 126 Å². The van der Waals surface area contributed by atoms with Gasteiger partial charge in [0.25, 0.3) is 5.69 Å². The summed E-state index contributed by atoms with van der Waals surface area (Å²) in [7, 11) is 0. The number of nitrogens with one attached hydrogen (secondary N) is 1. The third-order valence-corrected chi connectivity index (χ3v) is 3.95. The molecule has 0 spiro atoms. The fraction of sp³-hybridized carbons (Fsp3) is 0.286. The predicted molar refractivity (Wildman–Crippen MR) is 81.4 cm³/mol. The smallest absolute Gasteiger partial charge is 0.293 e. The summed E-state index contributed by atoms with van der Waals surface area (Å²) in [6, 6.07) is 6.14. The second-order valence-electron chi connectivity index (χ2n) is 4.64. The van der Waals surface area contributed by atoms with Crippen LogP contribution < -0.4 is 5.32 Å². The molecule has 1 aromatic carbocycles. The summed E-state index contributed by atoms with van der Waals surface area (Å²) in [5, 5.41) is 24.0. The molecule has 1 atom stereocenters. The fourth-order valence-electron chi connectivity index (χ4n) is 2.12. The predicted octanol–water partition coefficient (Wildman–Crippen LogP) is 3.71. The van der Waals surface area contributed by atoms with Crippen LogP contribution >= 0.6 is 11.3 Å². The lowest BCUT2D eigenvalue weighted by Crippen LogP contribution is -2.10. The highest BCUT2D eigenvalue weighted by atomic mass is 32.1. The van der Waals surface area contributed by atoms with Crippen molar-refractivity contribution in [3.05, 3.63) is 49.5 Å². The van der Waals surface area contributed by atoms with E-state index in [2.05, 4.69) is 10.3 Å². The Hall–Kier alpha value is -2.46. The number of nitro groups is 1. The van der Waals surface area contributed by atoms with Crippen molar-refractivity contribution in [1.82, 2.24) is 4.98 Å². The standard InChI is InChI=1S/C14H14N4O2S/c1-8(14-9(2)21-10(3)17-14)16-12-5-4-11(7-15)6-13(12)18(19)20/h4-6,8,16H,1-3H3. The van der Waals surface area contributed by atoms with Gasteiger partial charge in [-0.25, -0.2) is 4.98 Å². The van der Waals surface area contributed by atoms with Gasteiger partial charge in [-0.1, -0.05) is 0 Å². The largest absolute Gasteiger partial charge is 0.371 e. The first-order chi connectivity index (χ1) is 9.92. The van der Waals surface area contributed by atoms with Gasteiger partial charge in [0, 0.05) is 10.9 Å². The monoisotopic (exact) mass is 302 g/mol. The Kier molecular flexibility index (Phi) is 4.19. The number of benzene rings is 1. The van der Waals surface area contributed by atoms with Gasteiger partial charge in [0.05, 0.1) is 33.3 Å². The molecule has 0 bridgehead atoms. The van der Waals surface area contributed by atoms with E-state index in [1.165, 1.54) is 6.07 Å². The number of thiazole rings is 1. The van der Waals surface area contributed by atoms with Gasteiger partial charge in [-0.05, 0) is 32.9 Å². The van der Waals surface area contributed by atoms with Crippen molar-refractivity contribution in [3.63, 3.8) is 0 Å². The van der Waals surface area contributed by atoms with E-state index in [4.69, 9.17) is 5.26 Å². The Bertz CT molecular complexity index is 733. The van der Waals surface area contributed by atoms with Crippen molar-refractivity contribution in [2.75, 3.05) is 5.32 Å². The molecule has 1 N–H and O–H groups in total. The lowest BCUT2D eigenvalue weighted by Gasteiger charge is -2.14. The summed E-state index contributed by atoms with van der Waals surface area (Å²) in [6.45, 7) is 5.81. The number of aryl methyl sites for hydroxylation is 2. The number of hydrogen-bond acceptors (Lipinski definition) is 6. The highest BCUT2D eigenvalue weighted by Gasteiger charge is 2.19. The minimum absolute atomic E-state index is 0.106. The number of hydrogen-bond donors (Lipinski definition) is 1. The van der Waals surface area contributed by atoms with Crippen LogP contribution in [0.15, 0.2) is 18.2 Å². The van der Waals surface area contributed by atoms with Crippen LogP contribution in [0.1, 0.15) is 34.1 Å². The molecule has 108 valence electrons. The van der Waals surface area contributed by atoms with E-state index in [0.29, 0.717) is 5.69 Å². The number of anilines is 1. The number of nitro benzene ring substituents is 1. The Morgan fingerprint density at radius 2 is 2.19 bits per heavy atom. The summed E-state index contributed by atoms with van der Waals surface area (Å²) >= 11 is 1.60. The molecule has 0 amide bonds. The molecule has 7 heteroatoms. The van der Waals surface area contributed by atoms with Crippen LogP contribution in [0.3, 0.4) is 0 Å². The summed E-state index contributed by atoms with van der Waals surface area (Å²) in [4.78, 5) is 16.2. The first-order valence-corrected chi connectivity index (χ1v) is 7.13. The van der Waals surface area contributed by atoms with E-state index >= 15 is 0 Å². The molecule has 1 unspecified atom stereocenters. The van der Waals surface area contributed by atoms with E-state index in [9.17, 15) is 10.1 Å². The summed E-state index contributed by atoms with van der Waals surface area (Å²) in [5.74, 6) is 0. The molecule has 1 aromatic heterocycles. The van der Waals surface area contributed by atoms with Crippen molar-refractivity contribution in [2.24, 2.45) is 0 Å². The maximum atomic E-state index is 11.1. The van der Waals surface area contributed by atoms with Crippen LogP contribution in [-0.4, -0.2) is 9.91 Å². The van der Waals surface area contributed by atoms with Gasteiger partial charge >= 0.3 is 0 Å². The average Bonchev–Trinajstić information content (AvgIpc) is 2.78. The minimum Gasteiger partial charge on any atom is -0.371 e. The molecule has 2 rings (SSSR count). The SMILES string of the molecule is Cc1nc(C(C)Nc2ccc(C#N)cc2[N+](=O)[O-])c(C)s1. The molecule has 2 aromatic rings. The molecule has 1 heterocycles. The van der Waals surface area contributed by atoms with Crippen molar-refractivity contribution in [1.29, 1.82) is 5.26 Å². The normalized spacial score (nSPS) is 11.7. The minimum atomic E-state index is -0.491. The van der Waals surface area contributed by atoms with Gasteiger partial charge in [-0.15, -0.1) is 11.3 Å². The number of nitriles is 1. The van der Waals surface area contributed by atoms with E-state index in [0.717, 1.165) is 15.6 Å². The summed E-state index contributed by atoms with van der Waals surface area (Å²) in [5.41, 5.74) is 1.43. The average molecular weight is 302 g/mol. The number of nitrogens with zero attached hydrogens (tertiary/aromatic N) is 3. The van der Waals surface area contributed by atoms with E-state index in [1.807, 2.05) is 26.8 Å². The maximum absolute atomic E-state index is 11.1. The fourth-order valence-corrected chi connectivity index (χ4v) is 3.04. The molecule has 0 radical (unpaired) electrons. The maximum Gasteiger partial charge on any atom is 0.293 e. The quantitative estimate of drug-likeness (QED) is 0.686. The molecule has 0 saturated carbocycles. The highest BCUT2D eigenvalue weighted by molar-refractivity contribution is 7.11. The van der Waals surface area contributed by atoms with Crippen LogP contribution in [0.4, 0.5) is 11.4 Å². The van der Waals surface area contributed by atoms with Crippen LogP contribution in [0, 0.1) is 35.3 Å². The third-order valence-electron chi connectivity index (χ3n) is 3.05. The first-order valence-electron chi connectivity index (χ1n) is 6.31. The molecule has 0 fully saturated rings. The van der Waals surface area contributed by atoms with Gasteiger partial charge in [0.2, 0.25) is 0 Å². The Morgan fingerprint density at radius 1 is 1.48 bits per heavy atom. The molecule has 0 saturated heterocycles. The summed E-state index contributed by atoms with van der Waals surface area (Å²) in [6.07, 6.45) is 0. The Balaban J connectivity index is 2.33. The van der Waals surface area contributed by atoms with E-state index in [-0.39, 0.29) is 17.3 Å². The highest BCUT2D eigenvalue weighted by Crippen LogP contribution is 2.30. The van der Waals surface area contributed by atoms with E-state index in [1.54, 1.807) is 23.5 Å². The molecule has 6 nitrogen and oxygen atoms in total. The van der Waals surface area contributed by atoms with Crippen LogP contribution in [-0.2, 0) is 0 Å². The lowest BCUT2D eigenvalue weighted by molar-refractivity contribution is -0.384. The topological polar surface area (TPSA) is 91.8 Å². The lowest BCUT2D eigenvalue weighted by atomic mass is 10.1. The molecule has 0 aliphatic rings. The summed E-state index contributed by atoms with van der Waals surface area (Å²) < 4.78 is 0. The van der Waals surface area contributed by atoms with Crippen molar-refractivity contribution in [3.8, 4) is 6.07 Å². The van der Waals surface area contributed by atoms with Gasteiger partial charge in [-0.3, -0.25) is 10.1 Å². The van der Waals surface area contributed by atoms with Crippen LogP contribution in [0.25, 0.3) is 0 Å². The number of aromatic nitrogens is 1. The van der Waals surface area contributed by atoms with Gasteiger partial charge in [-0.2, -0.15) is 5.26 Å². The zero-order valence-electron chi connectivity index (χ0n) is 11.9. The Morgan fingerprint density at radius 3 is 2.71 bits per heavy atom. The van der Waals surface area contributed by atoms with Crippen molar-refractivity contribution in [2.45, 2.75) is 26.8 Å². The molecular weight excluding hydrogens is 288 g/mol. The molecule has 21 heavy (non-hydrogen) atoms.